The van der Waals surface area contributed by atoms with Gasteiger partial charge in [-0.2, -0.15) is 18.3 Å². The van der Waals surface area contributed by atoms with Crippen molar-refractivity contribution in [2.24, 2.45) is 7.05 Å². The van der Waals surface area contributed by atoms with Crippen molar-refractivity contribution in [3.8, 4) is 0 Å². The lowest BCUT2D eigenvalue weighted by Crippen LogP contribution is -2.43. The molecule has 1 atom stereocenters. The number of aromatic nitrogens is 2. The number of aliphatic carboxylic acids is 1. The molecule has 1 aliphatic rings. The molecule has 28 heavy (non-hydrogen) atoms. The number of alkyl halides is 3. The second-order valence-corrected chi connectivity index (χ2v) is 7.08. The Morgan fingerprint density at radius 2 is 2.11 bits per heavy atom. The predicted molar refractivity (Wildman–Crippen MR) is 95.0 cm³/mol. The number of methoxy groups -OCH3 is 1. The maximum Gasteiger partial charge on any atom is 0.490 e. The third-order valence-corrected chi connectivity index (χ3v) is 5.05. The highest BCUT2D eigenvalue weighted by molar-refractivity contribution is 7.10. The van der Waals surface area contributed by atoms with E-state index < -0.39 is 12.1 Å². The Morgan fingerprint density at radius 1 is 1.43 bits per heavy atom. The number of nitrogens with zero attached hydrogens (tertiary/aromatic N) is 3. The summed E-state index contributed by atoms with van der Waals surface area (Å²) in [7, 11) is 3.60. The van der Waals surface area contributed by atoms with Gasteiger partial charge in [0.1, 0.15) is 0 Å². The van der Waals surface area contributed by atoms with Crippen LogP contribution in [0.2, 0.25) is 0 Å². The first-order valence-corrected chi connectivity index (χ1v) is 9.14. The largest absolute Gasteiger partial charge is 0.490 e. The van der Waals surface area contributed by atoms with Gasteiger partial charge in [0.15, 0.2) is 0 Å². The SMILES string of the molecule is COCC1c2c(cnn2C)CCN1C(=O)Cc1cccs1.O=C(O)C(F)(F)F. The van der Waals surface area contributed by atoms with Gasteiger partial charge in [0.2, 0.25) is 5.91 Å². The first-order chi connectivity index (χ1) is 13.1. The first kappa shape index (κ1) is 21.9. The van der Waals surface area contributed by atoms with E-state index in [9.17, 15) is 18.0 Å². The lowest BCUT2D eigenvalue weighted by atomic mass is 9.99. The third-order valence-electron chi connectivity index (χ3n) is 4.17. The zero-order valence-corrected chi connectivity index (χ0v) is 16.1. The molecule has 0 aromatic carbocycles. The molecular weight excluding hydrogens is 399 g/mol. The van der Waals surface area contributed by atoms with Crippen molar-refractivity contribution in [3.63, 3.8) is 0 Å². The van der Waals surface area contributed by atoms with Gasteiger partial charge in [-0.15, -0.1) is 11.3 Å². The van der Waals surface area contributed by atoms with E-state index in [1.165, 1.54) is 5.56 Å². The van der Waals surface area contributed by atoms with Crippen LogP contribution in [0.25, 0.3) is 0 Å². The van der Waals surface area contributed by atoms with Crippen LogP contribution in [0, 0.1) is 0 Å². The fourth-order valence-corrected chi connectivity index (χ4v) is 3.64. The Balaban J connectivity index is 0.000000345. The van der Waals surface area contributed by atoms with E-state index in [-0.39, 0.29) is 11.9 Å². The highest BCUT2D eigenvalue weighted by atomic mass is 32.1. The maximum absolute atomic E-state index is 12.6. The van der Waals surface area contributed by atoms with Gasteiger partial charge in [-0.05, 0) is 23.4 Å². The Labute approximate surface area is 163 Å². The number of carbonyl (C=O) groups excluding carboxylic acids is 1. The number of hydrogen-bond donors (Lipinski definition) is 1. The van der Waals surface area contributed by atoms with Crippen molar-refractivity contribution < 1.29 is 32.6 Å². The van der Waals surface area contributed by atoms with Crippen molar-refractivity contribution in [2.45, 2.75) is 25.1 Å². The number of fused-ring (bicyclic) bond motifs is 1. The Kier molecular flexibility index (Phi) is 7.19. The number of amides is 1. The van der Waals surface area contributed by atoms with Gasteiger partial charge in [0.25, 0.3) is 0 Å². The van der Waals surface area contributed by atoms with Crippen LogP contribution in [0.4, 0.5) is 13.2 Å². The van der Waals surface area contributed by atoms with Gasteiger partial charge < -0.3 is 14.7 Å². The second-order valence-electron chi connectivity index (χ2n) is 6.05. The van der Waals surface area contributed by atoms with Gasteiger partial charge in [-0.1, -0.05) is 6.07 Å². The summed E-state index contributed by atoms with van der Waals surface area (Å²) in [6.45, 7) is 1.24. The zero-order valence-electron chi connectivity index (χ0n) is 15.3. The highest BCUT2D eigenvalue weighted by Crippen LogP contribution is 2.30. The normalized spacial score (nSPS) is 16.2. The van der Waals surface area contributed by atoms with Crippen LogP contribution < -0.4 is 0 Å². The fraction of sp³-hybridized carbons (Fsp3) is 0.471. The molecule has 1 unspecified atom stereocenters. The highest BCUT2D eigenvalue weighted by Gasteiger charge is 2.38. The third kappa shape index (κ3) is 5.32. The Hall–Kier alpha value is -2.40. The van der Waals surface area contributed by atoms with Crippen LogP contribution in [0.5, 0.6) is 0 Å². The molecule has 2 aromatic rings. The molecule has 0 saturated carbocycles. The average Bonchev–Trinajstić information content (AvgIpc) is 3.25. The molecule has 1 aliphatic heterocycles. The summed E-state index contributed by atoms with van der Waals surface area (Å²) in [5.41, 5.74) is 2.32. The first-order valence-electron chi connectivity index (χ1n) is 8.26. The molecule has 7 nitrogen and oxygen atoms in total. The van der Waals surface area contributed by atoms with Crippen LogP contribution in [-0.2, 0) is 34.2 Å². The molecule has 2 aromatic heterocycles. The Bertz CT molecular complexity index is 805. The predicted octanol–water partition coefficient (Wildman–Crippen LogP) is 2.43. The summed E-state index contributed by atoms with van der Waals surface area (Å²) in [6.07, 6.45) is -1.86. The summed E-state index contributed by atoms with van der Waals surface area (Å²) in [6, 6.07) is 3.95. The van der Waals surface area contributed by atoms with Crippen LogP contribution >= 0.6 is 11.3 Å². The van der Waals surface area contributed by atoms with Gasteiger partial charge in [-0.25, -0.2) is 4.79 Å². The summed E-state index contributed by atoms with van der Waals surface area (Å²) in [5.74, 6) is -2.60. The van der Waals surface area contributed by atoms with Crippen LogP contribution in [0.1, 0.15) is 22.2 Å². The average molecular weight is 419 g/mol. The summed E-state index contributed by atoms with van der Waals surface area (Å²) in [5, 5.41) is 13.5. The van der Waals surface area contributed by atoms with E-state index in [0.29, 0.717) is 13.0 Å². The lowest BCUT2D eigenvalue weighted by Gasteiger charge is -2.35. The second kappa shape index (κ2) is 9.20. The topological polar surface area (TPSA) is 84.7 Å². The number of carboxylic acid groups (broad SMARTS) is 1. The minimum absolute atomic E-state index is 0.0429. The maximum atomic E-state index is 12.6. The number of thiophene rings is 1. The molecule has 3 rings (SSSR count). The molecule has 1 amide bonds. The van der Waals surface area contributed by atoms with Crippen LogP contribution in [0.3, 0.4) is 0 Å². The molecule has 11 heteroatoms. The number of hydrogen-bond acceptors (Lipinski definition) is 5. The quantitative estimate of drug-likeness (QED) is 0.823. The van der Waals surface area contributed by atoms with Crippen molar-refractivity contribution in [1.82, 2.24) is 14.7 Å². The summed E-state index contributed by atoms with van der Waals surface area (Å²) >= 11 is 1.62. The molecule has 0 aliphatic carbocycles. The van der Waals surface area contributed by atoms with E-state index in [1.54, 1.807) is 18.4 Å². The van der Waals surface area contributed by atoms with Crippen molar-refractivity contribution in [1.29, 1.82) is 0 Å². The van der Waals surface area contributed by atoms with E-state index in [2.05, 4.69) is 5.10 Å². The fourth-order valence-electron chi connectivity index (χ4n) is 2.95. The van der Waals surface area contributed by atoms with Crippen molar-refractivity contribution in [2.75, 3.05) is 20.3 Å². The molecule has 1 N–H and O–H groups in total. The molecule has 0 fully saturated rings. The molecule has 3 heterocycles. The van der Waals surface area contributed by atoms with Crippen molar-refractivity contribution in [3.05, 3.63) is 39.8 Å². The minimum Gasteiger partial charge on any atom is -0.475 e. The monoisotopic (exact) mass is 419 g/mol. The Morgan fingerprint density at radius 3 is 2.64 bits per heavy atom. The molecule has 154 valence electrons. The number of carboxylic acids is 1. The minimum atomic E-state index is -5.08. The molecule has 0 radical (unpaired) electrons. The molecule has 0 saturated heterocycles. The van der Waals surface area contributed by atoms with E-state index in [0.717, 1.165) is 23.5 Å². The van der Waals surface area contributed by atoms with Crippen molar-refractivity contribution >= 4 is 23.2 Å². The zero-order chi connectivity index (χ0) is 20.9. The summed E-state index contributed by atoms with van der Waals surface area (Å²) in [4.78, 5) is 24.6. The smallest absolute Gasteiger partial charge is 0.475 e. The van der Waals surface area contributed by atoms with Gasteiger partial charge in [0, 0.05) is 25.6 Å². The van der Waals surface area contributed by atoms with Crippen LogP contribution in [0.15, 0.2) is 23.7 Å². The number of aryl methyl sites for hydroxylation is 1. The molecule has 0 spiro atoms. The van der Waals surface area contributed by atoms with Gasteiger partial charge >= 0.3 is 12.1 Å². The lowest BCUT2D eigenvalue weighted by molar-refractivity contribution is -0.192. The molecular formula is C17H20F3N3O4S. The van der Waals surface area contributed by atoms with Gasteiger partial charge in [0.05, 0.1) is 31.0 Å². The number of halogens is 3. The van der Waals surface area contributed by atoms with Gasteiger partial charge in [-0.3, -0.25) is 9.48 Å². The van der Waals surface area contributed by atoms with E-state index in [1.807, 2.05) is 40.3 Å². The van der Waals surface area contributed by atoms with E-state index >= 15 is 0 Å². The number of rotatable bonds is 4. The standard InChI is InChI=1S/C15H19N3O2S.C2HF3O2/c1-17-15-11(9-16-17)5-6-18(13(15)10-20-2)14(19)8-12-4-3-7-21-12;3-2(4,5)1(6)7/h3-4,7,9,13H,5-6,8,10H2,1-2H3;(H,6,7). The number of ether oxygens (including phenoxy) is 1. The summed E-state index contributed by atoms with van der Waals surface area (Å²) < 4.78 is 38.9. The van der Waals surface area contributed by atoms with E-state index in [4.69, 9.17) is 14.6 Å². The molecule has 0 bridgehead atoms. The number of carbonyl (C=O) groups is 2. The van der Waals surface area contributed by atoms with Crippen LogP contribution in [-0.4, -0.2) is 58.1 Å².